The summed E-state index contributed by atoms with van der Waals surface area (Å²) in [7, 11) is 0. The van der Waals surface area contributed by atoms with Crippen LogP contribution in [0.3, 0.4) is 0 Å². The zero-order chi connectivity index (χ0) is 21.0. The van der Waals surface area contributed by atoms with Crippen molar-refractivity contribution in [1.29, 1.82) is 0 Å². The van der Waals surface area contributed by atoms with Crippen LogP contribution < -0.4 is 5.56 Å². The van der Waals surface area contributed by atoms with E-state index in [2.05, 4.69) is 37.0 Å². The first-order chi connectivity index (χ1) is 13.9. The smallest absolute Gasteiger partial charge is 0.269 e. The summed E-state index contributed by atoms with van der Waals surface area (Å²) in [6.07, 6.45) is 1.23. The van der Waals surface area contributed by atoms with Gasteiger partial charge in [0.1, 0.15) is 0 Å². The lowest BCUT2D eigenvalue weighted by atomic mass is 10.0. The normalized spacial score (nSPS) is 10.9. The number of nitrogens with one attached hydrogen (secondary N) is 1. The van der Waals surface area contributed by atoms with E-state index in [1.807, 2.05) is 6.92 Å². The van der Waals surface area contributed by atoms with Crippen LogP contribution in [0.4, 0.5) is 5.69 Å². The second-order valence-electron chi connectivity index (χ2n) is 7.03. The van der Waals surface area contributed by atoms with E-state index in [4.69, 9.17) is 4.98 Å². The Labute approximate surface area is 173 Å². The summed E-state index contributed by atoms with van der Waals surface area (Å²) in [6.45, 7) is 6.09. The SMILES string of the molecule is CCc1c(Cc2cc(C)cc(C)c2)nc(SCc2ccc([N+](=O)[O-])cc2)[nH]c1=O. The van der Waals surface area contributed by atoms with Gasteiger partial charge in [0.2, 0.25) is 0 Å². The van der Waals surface area contributed by atoms with Gasteiger partial charge in [-0.3, -0.25) is 14.9 Å². The Morgan fingerprint density at radius 2 is 1.72 bits per heavy atom. The highest BCUT2D eigenvalue weighted by Gasteiger charge is 2.12. The van der Waals surface area contributed by atoms with Crippen LogP contribution in [0, 0.1) is 24.0 Å². The lowest BCUT2D eigenvalue weighted by Crippen LogP contribution is -2.18. The van der Waals surface area contributed by atoms with E-state index < -0.39 is 4.92 Å². The summed E-state index contributed by atoms with van der Waals surface area (Å²) in [5, 5.41) is 11.3. The molecule has 0 unspecified atom stereocenters. The molecule has 1 heterocycles. The number of thioether (sulfide) groups is 1. The molecule has 0 amide bonds. The highest BCUT2D eigenvalue weighted by Crippen LogP contribution is 2.22. The van der Waals surface area contributed by atoms with Gasteiger partial charge >= 0.3 is 0 Å². The average Bonchev–Trinajstić information content (AvgIpc) is 2.66. The zero-order valence-corrected chi connectivity index (χ0v) is 17.5. The molecule has 0 bridgehead atoms. The summed E-state index contributed by atoms with van der Waals surface area (Å²) in [4.78, 5) is 30.5. The summed E-state index contributed by atoms with van der Waals surface area (Å²) in [5.41, 5.74) is 5.92. The van der Waals surface area contributed by atoms with Crippen molar-refractivity contribution < 1.29 is 4.92 Å². The van der Waals surface area contributed by atoms with Crippen LogP contribution in [0.2, 0.25) is 0 Å². The molecule has 1 aromatic heterocycles. The number of hydrogen-bond donors (Lipinski definition) is 1. The van der Waals surface area contributed by atoms with E-state index >= 15 is 0 Å². The van der Waals surface area contributed by atoms with E-state index in [1.54, 1.807) is 12.1 Å². The molecule has 0 spiro atoms. The summed E-state index contributed by atoms with van der Waals surface area (Å²) in [6, 6.07) is 12.8. The maximum absolute atomic E-state index is 12.6. The van der Waals surface area contributed by atoms with Gasteiger partial charge in [-0.05, 0) is 31.4 Å². The van der Waals surface area contributed by atoms with Crippen LogP contribution in [-0.4, -0.2) is 14.9 Å². The molecular formula is C22H23N3O3S. The minimum atomic E-state index is -0.418. The Bertz CT molecular complexity index is 1070. The van der Waals surface area contributed by atoms with Gasteiger partial charge in [0.15, 0.2) is 5.16 Å². The Balaban J connectivity index is 1.82. The highest BCUT2D eigenvalue weighted by molar-refractivity contribution is 7.98. The van der Waals surface area contributed by atoms with Crippen molar-refractivity contribution in [3.8, 4) is 0 Å². The molecule has 0 radical (unpaired) electrons. The lowest BCUT2D eigenvalue weighted by Gasteiger charge is -2.10. The summed E-state index contributed by atoms with van der Waals surface area (Å²) >= 11 is 1.42. The first-order valence-corrected chi connectivity index (χ1v) is 10.4. The fourth-order valence-electron chi connectivity index (χ4n) is 3.33. The van der Waals surface area contributed by atoms with Crippen LogP contribution in [0.1, 0.15) is 40.4 Å². The molecule has 1 N–H and O–H groups in total. The molecule has 0 saturated carbocycles. The van der Waals surface area contributed by atoms with Gasteiger partial charge in [0.05, 0.1) is 10.6 Å². The summed E-state index contributed by atoms with van der Waals surface area (Å²) in [5.74, 6) is 0.565. The predicted octanol–water partition coefficient (Wildman–Crippen LogP) is 4.74. The molecule has 0 atom stereocenters. The molecule has 3 rings (SSSR count). The van der Waals surface area contributed by atoms with E-state index in [0.717, 1.165) is 16.8 Å². The van der Waals surface area contributed by atoms with Crippen LogP contribution >= 0.6 is 11.8 Å². The van der Waals surface area contributed by atoms with Crippen LogP contribution in [0.15, 0.2) is 52.4 Å². The summed E-state index contributed by atoms with van der Waals surface area (Å²) < 4.78 is 0. The first kappa shape index (κ1) is 20.8. The van der Waals surface area contributed by atoms with Crippen LogP contribution in [0.25, 0.3) is 0 Å². The number of aryl methyl sites for hydroxylation is 2. The number of hydrogen-bond acceptors (Lipinski definition) is 5. The number of nitro groups is 1. The second kappa shape index (κ2) is 9.05. The molecule has 0 saturated heterocycles. The molecule has 7 heteroatoms. The zero-order valence-electron chi connectivity index (χ0n) is 16.7. The molecule has 0 aliphatic carbocycles. The van der Waals surface area contributed by atoms with Gasteiger partial charge in [-0.2, -0.15) is 0 Å². The third-order valence-corrected chi connectivity index (χ3v) is 5.55. The average molecular weight is 410 g/mol. The first-order valence-electron chi connectivity index (χ1n) is 9.41. The van der Waals surface area contributed by atoms with Gasteiger partial charge in [-0.1, -0.05) is 60.1 Å². The number of rotatable bonds is 7. The standard InChI is InChI=1S/C22H23N3O3S/c1-4-19-20(12-17-10-14(2)9-15(3)11-17)23-22(24-21(19)26)29-13-16-5-7-18(8-6-16)25(27)28/h5-11H,4,12-13H2,1-3H3,(H,23,24,26). The number of nitrogens with zero attached hydrogens (tertiary/aromatic N) is 2. The van der Waals surface area contributed by atoms with Crippen molar-refractivity contribution in [3.05, 3.63) is 96.4 Å². The monoisotopic (exact) mass is 409 g/mol. The molecule has 6 nitrogen and oxygen atoms in total. The third-order valence-electron chi connectivity index (χ3n) is 4.61. The lowest BCUT2D eigenvalue weighted by molar-refractivity contribution is -0.384. The van der Waals surface area contributed by atoms with Crippen molar-refractivity contribution in [1.82, 2.24) is 9.97 Å². The third kappa shape index (κ3) is 5.32. The molecule has 150 valence electrons. The predicted molar refractivity (Wildman–Crippen MR) is 116 cm³/mol. The number of aromatic nitrogens is 2. The Hall–Kier alpha value is -2.93. The van der Waals surface area contributed by atoms with E-state index in [-0.39, 0.29) is 11.2 Å². The number of benzene rings is 2. The number of nitro benzene ring substituents is 1. The van der Waals surface area contributed by atoms with E-state index in [9.17, 15) is 14.9 Å². The number of non-ortho nitro benzene ring substituents is 1. The van der Waals surface area contributed by atoms with E-state index in [1.165, 1.54) is 35.0 Å². The largest absolute Gasteiger partial charge is 0.301 e. The number of aromatic amines is 1. The Morgan fingerprint density at radius 1 is 1.07 bits per heavy atom. The maximum atomic E-state index is 12.6. The molecular weight excluding hydrogens is 386 g/mol. The minimum Gasteiger partial charge on any atom is -0.301 e. The Morgan fingerprint density at radius 3 is 2.31 bits per heavy atom. The molecule has 2 aromatic carbocycles. The molecule has 0 aliphatic heterocycles. The second-order valence-corrected chi connectivity index (χ2v) is 8.00. The van der Waals surface area contributed by atoms with Gasteiger partial charge < -0.3 is 4.98 Å². The maximum Gasteiger partial charge on any atom is 0.269 e. The van der Waals surface area contributed by atoms with E-state index in [0.29, 0.717) is 29.3 Å². The molecule has 0 aliphatic rings. The van der Waals surface area contributed by atoms with Crippen LogP contribution in [-0.2, 0) is 18.6 Å². The number of H-pyrrole nitrogens is 1. The fraction of sp³-hybridized carbons (Fsp3) is 0.273. The van der Waals surface area contributed by atoms with Gasteiger partial charge in [0, 0.05) is 29.9 Å². The van der Waals surface area contributed by atoms with Crippen molar-refractivity contribution in [2.45, 2.75) is 44.5 Å². The van der Waals surface area contributed by atoms with Crippen molar-refractivity contribution in [2.75, 3.05) is 0 Å². The quantitative estimate of drug-likeness (QED) is 0.263. The fourth-order valence-corrected chi connectivity index (χ4v) is 4.17. The van der Waals surface area contributed by atoms with Gasteiger partial charge in [0.25, 0.3) is 11.2 Å². The van der Waals surface area contributed by atoms with Crippen molar-refractivity contribution >= 4 is 17.4 Å². The highest BCUT2D eigenvalue weighted by atomic mass is 32.2. The van der Waals surface area contributed by atoms with Crippen molar-refractivity contribution in [3.63, 3.8) is 0 Å². The molecule has 3 aromatic rings. The van der Waals surface area contributed by atoms with Crippen molar-refractivity contribution in [2.24, 2.45) is 0 Å². The van der Waals surface area contributed by atoms with Gasteiger partial charge in [-0.15, -0.1) is 0 Å². The molecule has 0 fully saturated rings. The van der Waals surface area contributed by atoms with Gasteiger partial charge in [-0.25, -0.2) is 4.98 Å². The topological polar surface area (TPSA) is 88.9 Å². The molecule has 29 heavy (non-hydrogen) atoms. The Kier molecular flexibility index (Phi) is 6.49. The van der Waals surface area contributed by atoms with Crippen LogP contribution in [0.5, 0.6) is 0 Å². The minimum absolute atomic E-state index is 0.0633.